The van der Waals surface area contributed by atoms with Crippen molar-refractivity contribution in [2.24, 2.45) is 0 Å². The molecule has 2 rings (SSSR count). The van der Waals surface area contributed by atoms with Crippen LogP contribution in [0.5, 0.6) is 0 Å². The number of benzene rings is 1. The molecule has 0 aliphatic rings. The van der Waals surface area contributed by atoms with Crippen molar-refractivity contribution in [2.75, 3.05) is 0 Å². The summed E-state index contributed by atoms with van der Waals surface area (Å²) in [6, 6.07) is 11.2. The van der Waals surface area contributed by atoms with E-state index in [4.69, 9.17) is 16.0 Å². The molecular formula is C15H16ClNO2S. The Morgan fingerprint density at radius 3 is 2.70 bits per heavy atom. The molecule has 0 saturated carbocycles. The van der Waals surface area contributed by atoms with E-state index >= 15 is 0 Å². The Kier molecular flexibility index (Phi) is 5.56. The maximum Gasteiger partial charge on any atom is 0.233 e. The lowest BCUT2D eigenvalue weighted by Gasteiger charge is -2.14. The fourth-order valence-corrected chi connectivity index (χ4v) is 2.81. The molecule has 1 aromatic carbocycles. The van der Waals surface area contributed by atoms with Crippen molar-refractivity contribution in [3.63, 3.8) is 0 Å². The van der Waals surface area contributed by atoms with Gasteiger partial charge in [0.15, 0.2) is 0 Å². The summed E-state index contributed by atoms with van der Waals surface area (Å²) in [4.78, 5) is 13.2. The third-order valence-corrected chi connectivity index (χ3v) is 4.40. The summed E-state index contributed by atoms with van der Waals surface area (Å²) in [5, 5.41) is 3.47. The highest BCUT2D eigenvalue weighted by molar-refractivity contribution is 8.00. The minimum absolute atomic E-state index is 0.0175. The van der Waals surface area contributed by atoms with Crippen LogP contribution in [-0.4, -0.2) is 11.2 Å². The second-order valence-electron chi connectivity index (χ2n) is 4.27. The first kappa shape index (κ1) is 15.0. The summed E-state index contributed by atoms with van der Waals surface area (Å²) in [5.74, 6) is 0.772. The Morgan fingerprint density at radius 2 is 2.10 bits per heavy atom. The number of hydrogen-bond donors (Lipinski definition) is 1. The van der Waals surface area contributed by atoms with Crippen LogP contribution in [0, 0.1) is 0 Å². The van der Waals surface area contributed by atoms with Gasteiger partial charge in [0.2, 0.25) is 5.91 Å². The first-order valence-electron chi connectivity index (χ1n) is 6.41. The van der Waals surface area contributed by atoms with Crippen molar-refractivity contribution in [3.8, 4) is 0 Å². The third kappa shape index (κ3) is 4.32. The second-order valence-corrected chi connectivity index (χ2v) is 5.98. The predicted octanol–water partition coefficient (Wildman–Crippen LogP) is 4.12. The van der Waals surface area contributed by atoms with Gasteiger partial charge in [0.1, 0.15) is 5.76 Å². The highest BCUT2D eigenvalue weighted by Gasteiger charge is 2.17. The van der Waals surface area contributed by atoms with Crippen LogP contribution >= 0.6 is 23.4 Å². The Bertz CT molecular complexity index is 540. The van der Waals surface area contributed by atoms with Gasteiger partial charge in [-0.15, -0.1) is 11.8 Å². The molecule has 1 heterocycles. The van der Waals surface area contributed by atoms with E-state index in [0.29, 0.717) is 11.6 Å². The largest absolute Gasteiger partial charge is 0.467 e. The van der Waals surface area contributed by atoms with Crippen molar-refractivity contribution < 1.29 is 9.21 Å². The van der Waals surface area contributed by atoms with E-state index in [-0.39, 0.29) is 11.2 Å². The van der Waals surface area contributed by atoms with Gasteiger partial charge in [-0.1, -0.05) is 18.5 Å². The molecule has 106 valence electrons. The monoisotopic (exact) mass is 309 g/mol. The molecule has 0 aliphatic heterocycles. The Morgan fingerprint density at radius 1 is 1.35 bits per heavy atom. The van der Waals surface area contributed by atoms with Crippen molar-refractivity contribution in [2.45, 2.75) is 30.0 Å². The SMILES string of the molecule is CC[C@@H](Sc1ccc(Cl)cc1)C(=O)NCc1ccco1. The van der Waals surface area contributed by atoms with Crippen molar-refractivity contribution in [1.29, 1.82) is 0 Å². The summed E-state index contributed by atoms with van der Waals surface area (Å²) in [7, 11) is 0. The molecule has 1 aromatic heterocycles. The van der Waals surface area contributed by atoms with E-state index in [0.717, 1.165) is 17.1 Å². The second kappa shape index (κ2) is 7.41. The molecule has 0 unspecified atom stereocenters. The van der Waals surface area contributed by atoms with E-state index < -0.39 is 0 Å². The van der Waals surface area contributed by atoms with E-state index in [1.807, 2.05) is 37.3 Å². The number of carbonyl (C=O) groups is 1. The molecule has 0 radical (unpaired) electrons. The highest BCUT2D eigenvalue weighted by Crippen LogP contribution is 2.26. The predicted molar refractivity (Wildman–Crippen MR) is 81.9 cm³/mol. The van der Waals surface area contributed by atoms with Crippen LogP contribution in [0.25, 0.3) is 0 Å². The maximum absolute atomic E-state index is 12.1. The minimum Gasteiger partial charge on any atom is -0.467 e. The van der Waals surface area contributed by atoms with E-state index in [1.54, 1.807) is 24.1 Å². The average molecular weight is 310 g/mol. The van der Waals surface area contributed by atoms with Crippen LogP contribution in [0.2, 0.25) is 5.02 Å². The van der Waals surface area contributed by atoms with Crippen molar-refractivity contribution >= 4 is 29.3 Å². The zero-order chi connectivity index (χ0) is 14.4. The molecule has 20 heavy (non-hydrogen) atoms. The molecule has 0 bridgehead atoms. The minimum atomic E-state index is -0.119. The Hall–Kier alpha value is -1.39. The summed E-state index contributed by atoms with van der Waals surface area (Å²) in [5.41, 5.74) is 0. The fourth-order valence-electron chi connectivity index (χ4n) is 1.70. The summed E-state index contributed by atoms with van der Waals surface area (Å²) >= 11 is 7.39. The Labute approximate surface area is 127 Å². The number of amides is 1. The standard InChI is InChI=1S/C15H16ClNO2S/c1-2-14(20-13-7-5-11(16)6-8-13)15(18)17-10-12-4-3-9-19-12/h3-9,14H,2,10H2,1H3,(H,17,18)/t14-/m1/s1. The van der Waals surface area contributed by atoms with Crippen molar-refractivity contribution in [3.05, 3.63) is 53.4 Å². The van der Waals surface area contributed by atoms with Gasteiger partial charge in [-0.25, -0.2) is 0 Å². The first-order chi connectivity index (χ1) is 9.69. The third-order valence-electron chi connectivity index (χ3n) is 2.77. The van der Waals surface area contributed by atoms with Gasteiger partial charge in [0.25, 0.3) is 0 Å². The van der Waals surface area contributed by atoms with Crippen molar-refractivity contribution in [1.82, 2.24) is 5.32 Å². The normalized spacial score (nSPS) is 12.1. The fraction of sp³-hybridized carbons (Fsp3) is 0.267. The van der Waals surface area contributed by atoms with E-state index in [2.05, 4.69) is 5.32 Å². The number of thioether (sulfide) groups is 1. The highest BCUT2D eigenvalue weighted by atomic mass is 35.5. The summed E-state index contributed by atoms with van der Waals surface area (Å²) in [6.07, 6.45) is 2.36. The summed E-state index contributed by atoms with van der Waals surface area (Å²) in [6.45, 7) is 2.42. The van der Waals surface area contributed by atoms with Gasteiger partial charge >= 0.3 is 0 Å². The number of furan rings is 1. The zero-order valence-electron chi connectivity index (χ0n) is 11.1. The molecule has 1 amide bonds. The lowest BCUT2D eigenvalue weighted by molar-refractivity contribution is -0.120. The molecule has 0 saturated heterocycles. The lowest BCUT2D eigenvalue weighted by Crippen LogP contribution is -2.31. The van der Waals surface area contributed by atoms with Crippen LogP contribution in [-0.2, 0) is 11.3 Å². The van der Waals surface area contributed by atoms with Gasteiger partial charge in [-0.3, -0.25) is 4.79 Å². The molecule has 1 atom stereocenters. The smallest absolute Gasteiger partial charge is 0.233 e. The van der Waals surface area contributed by atoms with E-state index in [9.17, 15) is 4.79 Å². The molecular weight excluding hydrogens is 294 g/mol. The molecule has 0 spiro atoms. The number of rotatable bonds is 6. The van der Waals surface area contributed by atoms with Crippen LogP contribution in [0.1, 0.15) is 19.1 Å². The first-order valence-corrected chi connectivity index (χ1v) is 7.67. The zero-order valence-corrected chi connectivity index (χ0v) is 12.7. The van der Waals surface area contributed by atoms with Crippen LogP contribution < -0.4 is 5.32 Å². The Balaban J connectivity index is 1.90. The number of nitrogens with one attached hydrogen (secondary N) is 1. The van der Waals surface area contributed by atoms with Gasteiger partial charge in [-0.2, -0.15) is 0 Å². The van der Waals surface area contributed by atoms with Gasteiger partial charge in [0.05, 0.1) is 18.1 Å². The lowest BCUT2D eigenvalue weighted by atomic mass is 10.3. The van der Waals surface area contributed by atoms with Gasteiger partial charge < -0.3 is 9.73 Å². The molecule has 5 heteroatoms. The average Bonchev–Trinajstić information content (AvgIpc) is 2.97. The van der Waals surface area contributed by atoms with E-state index in [1.165, 1.54) is 0 Å². The topological polar surface area (TPSA) is 42.2 Å². The van der Waals surface area contributed by atoms with Crippen LogP contribution in [0.4, 0.5) is 0 Å². The molecule has 0 fully saturated rings. The maximum atomic E-state index is 12.1. The summed E-state index contributed by atoms with van der Waals surface area (Å²) < 4.78 is 5.19. The number of halogens is 1. The quantitative estimate of drug-likeness (QED) is 0.816. The van der Waals surface area contributed by atoms with Crippen LogP contribution in [0.3, 0.4) is 0 Å². The molecule has 2 aromatic rings. The van der Waals surface area contributed by atoms with Gasteiger partial charge in [0, 0.05) is 9.92 Å². The number of carbonyl (C=O) groups excluding carboxylic acids is 1. The number of hydrogen-bond acceptors (Lipinski definition) is 3. The van der Waals surface area contributed by atoms with Crippen LogP contribution in [0.15, 0.2) is 52.0 Å². The molecule has 3 nitrogen and oxygen atoms in total. The molecule has 1 N–H and O–H groups in total. The molecule has 0 aliphatic carbocycles. The van der Waals surface area contributed by atoms with Gasteiger partial charge in [-0.05, 0) is 42.8 Å².